The van der Waals surface area contributed by atoms with Gasteiger partial charge in [-0.3, -0.25) is 0 Å². The normalized spacial score (nSPS) is 12.5. The Labute approximate surface area is 154 Å². The molecule has 0 amide bonds. The Kier molecular flexibility index (Phi) is 3.58. The fraction of sp³-hybridized carbons (Fsp3) is 0.105. The summed E-state index contributed by atoms with van der Waals surface area (Å²) in [5.74, 6) is 1.81. The molecule has 3 heterocycles. The maximum Gasteiger partial charge on any atom is 0.231 e. The summed E-state index contributed by atoms with van der Waals surface area (Å²) in [6.07, 6.45) is 3.94. The number of phenolic OH excluding ortho intramolecular Hbond substituents is 1. The minimum atomic E-state index is 0. The molecule has 0 atom stereocenters. The highest BCUT2D eigenvalue weighted by atomic mass is 79.9. The Morgan fingerprint density at radius 1 is 1.00 bits per heavy atom. The van der Waals surface area contributed by atoms with Gasteiger partial charge in [0.25, 0.3) is 0 Å². The van der Waals surface area contributed by atoms with Gasteiger partial charge in [0.15, 0.2) is 23.9 Å². The van der Waals surface area contributed by atoms with E-state index in [0.29, 0.717) is 0 Å². The van der Waals surface area contributed by atoms with Gasteiger partial charge in [-0.25, -0.2) is 0 Å². The lowest BCUT2D eigenvalue weighted by Crippen LogP contribution is -3.00. The van der Waals surface area contributed by atoms with Crippen molar-refractivity contribution in [1.82, 2.24) is 0 Å². The number of hydrogen-bond donors (Lipinski definition) is 2. The Hall–Kier alpha value is -2.73. The van der Waals surface area contributed by atoms with Gasteiger partial charge in [0, 0.05) is 30.3 Å². The lowest BCUT2D eigenvalue weighted by atomic mass is 10.1. The van der Waals surface area contributed by atoms with E-state index in [9.17, 15) is 5.11 Å². The van der Waals surface area contributed by atoms with Gasteiger partial charge in [0.2, 0.25) is 12.3 Å². The summed E-state index contributed by atoms with van der Waals surface area (Å²) < 4.78 is 13.0. The highest BCUT2D eigenvalue weighted by molar-refractivity contribution is 6.03. The molecule has 2 N–H and O–H groups in total. The molecule has 25 heavy (non-hydrogen) atoms. The van der Waals surface area contributed by atoms with Crippen LogP contribution >= 0.6 is 0 Å². The number of benzene rings is 2. The molecule has 4 aromatic rings. The van der Waals surface area contributed by atoms with Crippen molar-refractivity contribution < 1.29 is 36.0 Å². The van der Waals surface area contributed by atoms with Crippen molar-refractivity contribution >= 4 is 32.7 Å². The van der Waals surface area contributed by atoms with E-state index in [0.717, 1.165) is 44.2 Å². The van der Waals surface area contributed by atoms with E-state index in [1.807, 2.05) is 48.1 Å². The van der Waals surface area contributed by atoms with E-state index in [-0.39, 0.29) is 29.5 Å². The maximum absolute atomic E-state index is 10.2. The molecular formula is C19H15BrN2O3. The van der Waals surface area contributed by atoms with Crippen LogP contribution in [0.15, 0.2) is 48.8 Å². The zero-order chi connectivity index (χ0) is 16.3. The highest BCUT2D eigenvalue weighted by Gasteiger charge is 2.19. The van der Waals surface area contributed by atoms with Crippen molar-refractivity contribution in [3.63, 3.8) is 0 Å². The van der Waals surface area contributed by atoms with Gasteiger partial charge in [-0.1, -0.05) is 0 Å². The molecule has 0 unspecified atom stereocenters. The van der Waals surface area contributed by atoms with Crippen LogP contribution in [0, 0.1) is 0 Å². The largest absolute Gasteiger partial charge is 1.00 e. The third-order valence-corrected chi connectivity index (χ3v) is 4.60. The van der Waals surface area contributed by atoms with Gasteiger partial charge in [-0.05, 0) is 29.7 Å². The van der Waals surface area contributed by atoms with Crippen LogP contribution in [0.4, 0.5) is 5.69 Å². The van der Waals surface area contributed by atoms with Crippen LogP contribution in [-0.2, 0) is 0 Å². The lowest BCUT2D eigenvalue weighted by Gasteiger charge is -2.07. The number of aromatic hydroxyl groups is 1. The average molecular weight is 399 g/mol. The number of halogens is 1. The van der Waals surface area contributed by atoms with E-state index in [1.165, 1.54) is 0 Å². The first kappa shape index (κ1) is 15.8. The maximum atomic E-state index is 10.2. The van der Waals surface area contributed by atoms with Crippen LogP contribution in [0.25, 0.3) is 27.1 Å². The summed E-state index contributed by atoms with van der Waals surface area (Å²) in [4.78, 5) is 0. The molecule has 0 bridgehead atoms. The first-order chi connectivity index (χ1) is 11.7. The molecule has 5 rings (SSSR count). The second kappa shape index (κ2) is 5.67. The fourth-order valence-electron chi connectivity index (χ4n) is 3.37. The zero-order valence-corrected chi connectivity index (χ0v) is 15.0. The van der Waals surface area contributed by atoms with Crippen molar-refractivity contribution in [1.29, 1.82) is 0 Å². The van der Waals surface area contributed by atoms with Crippen LogP contribution in [0.1, 0.15) is 0 Å². The van der Waals surface area contributed by atoms with Crippen LogP contribution < -0.4 is 36.2 Å². The monoisotopic (exact) mass is 398 g/mol. The predicted molar refractivity (Wildman–Crippen MR) is 91.9 cm³/mol. The number of hydrogen-bond acceptors (Lipinski definition) is 4. The number of anilines is 1. The van der Waals surface area contributed by atoms with Crippen LogP contribution in [0.5, 0.6) is 17.2 Å². The van der Waals surface area contributed by atoms with Crippen molar-refractivity contribution in [3.8, 4) is 17.2 Å². The van der Waals surface area contributed by atoms with Crippen LogP contribution in [-0.4, -0.2) is 18.9 Å². The third-order valence-electron chi connectivity index (χ3n) is 4.60. The summed E-state index contributed by atoms with van der Waals surface area (Å²) in [5.41, 5.74) is 2.02. The first-order valence-corrected chi connectivity index (χ1v) is 7.75. The number of phenols is 1. The molecule has 5 nitrogen and oxygen atoms in total. The van der Waals surface area contributed by atoms with Gasteiger partial charge in [-0.15, -0.1) is 0 Å². The van der Waals surface area contributed by atoms with Gasteiger partial charge >= 0.3 is 0 Å². The SMILES string of the molecule is CNc1ccc(O)c2c[n+]3ccc4cc5c(cc4c3cc12)OCO5.[Br-]. The van der Waals surface area contributed by atoms with Crippen LogP contribution in [0.3, 0.4) is 0 Å². The van der Waals surface area contributed by atoms with Crippen molar-refractivity contribution in [3.05, 3.63) is 48.8 Å². The predicted octanol–water partition coefficient (Wildman–Crippen LogP) is 0.212. The minimum absolute atomic E-state index is 0. The van der Waals surface area contributed by atoms with Crippen LogP contribution in [0.2, 0.25) is 0 Å². The molecule has 126 valence electrons. The zero-order valence-electron chi connectivity index (χ0n) is 13.4. The molecule has 0 saturated carbocycles. The lowest BCUT2D eigenvalue weighted by molar-refractivity contribution is -0.509. The fourth-order valence-corrected chi connectivity index (χ4v) is 3.37. The van der Waals surface area contributed by atoms with Crippen molar-refractivity contribution in [2.75, 3.05) is 19.2 Å². The average Bonchev–Trinajstić information content (AvgIpc) is 3.06. The molecule has 0 spiro atoms. The summed E-state index contributed by atoms with van der Waals surface area (Å²) in [7, 11) is 1.88. The third kappa shape index (κ3) is 2.25. The Balaban J connectivity index is 0.00000157. The second-order valence-electron chi connectivity index (χ2n) is 5.88. The molecule has 1 aliphatic heterocycles. The van der Waals surface area contributed by atoms with Gasteiger partial charge in [-0.2, -0.15) is 4.40 Å². The van der Waals surface area contributed by atoms with Crippen molar-refractivity contribution in [2.24, 2.45) is 0 Å². The number of ether oxygens (including phenoxy) is 2. The number of nitrogens with zero attached hydrogens (tertiary/aromatic N) is 1. The molecule has 1 aliphatic rings. The molecule has 0 fully saturated rings. The number of fused-ring (bicyclic) bond motifs is 5. The van der Waals surface area contributed by atoms with Gasteiger partial charge in [0.1, 0.15) is 5.75 Å². The van der Waals surface area contributed by atoms with E-state index in [1.54, 1.807) is 6.07 Å². The Bertz CT molecular complexity index is 1140. The molecule has 2 aromatic heterocycles. The van der Waals surface area contributed by atoms with Gasteiger partial charge < -0.3 is 36.9 Å². The molecule has 0 aliphatic carbocycles. The summed E-state index contributed by atoms with van der Waals surface area (Å²) in [6.45, 7) is 0.261. The molecule has 0 saturated heterocycles. The number of rotatable bonds is 1. The quantitative estimate of drug-likeness (QED) is 0.208. The summed E-state index contributed by atoms with van der Waals surface area (Å²) in [5, 5.41) is 17.3. The number of aromatic nitrogens is 1. The van der Waals surface area contributed by atoms with Crippen molar-refractivity contribution in [2.45, 2.75) is 0 Å². The molecule has 2 aromatic carbocycles. The molecule has 0 radical (unpaired) electrons. The van der Waals surface area contributed by atoms with E-state index < -0.39 is 0 Å². The summed E-state index contributed by atoms with van der Waals surface area (Å²) in [6, 6.07) is 11.7. The van der Waals surface area contributed by atoms with E-state index >= 15 is 0 Å². The van der Waals surface area contributed by atoms with E-state index in [2.05, 4.69) is 11.4 Å². The molecular weight excluding hydrogens is 384 g/mol. The standard InChI is InChI=1S/C19H14N2O3.BrH/c1-20-15-2-3-17(22)14-9-21-5-4-11-6-18-19(24-10-23-18)8-12(11)16(21)7-13(14)15;/h2-9,20H,10H2,1H3;1H. The number of pyridine rings is 2. The van der Waals surface area contributed by atoms with E-state index in [4.69, 9.17) is 9.47 Å². The second-order valence-corrected chi connectivity index (χ2v) is 5.88. The highest BCUT2D eigenvalue weighted by Crippen LogP contribution is 2.38. The minimum Gasteiger partial charge on any atom is -1.00 e. The topological polar surface area (TPSA) is 54.8 Å². The smallest absolute Gasteiger partial charge is 0.231 e. The van der Waals surface area contributed by atoms with Gasteiger partial charge in [0.05, 0.1) is 10.8 Å². The Morgan fingerprint density at radius 2 is 1.80 bits per heavy atom. The summed E-state index contributed by atoms with van der Waals surface area (Å²) >= 11 is 0. The number of nitrogens with one attached hydrogen (secondary N) is 1. The molecule has 6 heteroatoms. The Morgan fingerprint density at radius 3 is 2.60 bits per heavy atom. The first-order valence-electron chi connectivity index (χ1n) is 7.75.